The number of carbonyl (C=O) groups excluding carboxylic acids is 1. The second-order valence-electron chi connectivity index (χ2n) is 4.06. The van der Waals surface area contributed by atoms with Gasteiger partial charge in [-0.25, -0.2) is 0 Å². The highest BCUT2D eigenvalue weighted by Gasteiger charge is 2.25. The first-order chi connectivity index (χ1) is 7.06. The molecule has 0 unspecified atom stereocenters. The van der Waals surface area contributed by atoms with Gasteiger partial charge in [-0.3, -0.25) is 9.78 Å². The van der Waals surface area contributed by atoms with Crippen LogP contribution in [0.3, 0.4) is 0 Å². The Morgan fingerprint density at radius 3 is 2.87 bits per heavy atom. The summed E-state index contributed by atoms with van der Waals surface area (Å²) in [5, 5.41) is 2.83. The molecule has 0 aliphatic heterocycles. The lowest BCUT2D eigenvalue weighted by Gasteiger charge is -2.20. The van der Waals surface area contributed by atoms with Gasteiger partial charge in [0.15, 0.2) is 0 Å². The average molecular weight is 227 g/mol. The summed E-state index contributed by atoms with van der Waals surface area (Å²) < 4.78 is 0. The number of nitrogens with one attached hydrogen (secondary N) is 1. The van der Waals surface area contributed by atoms with Gasteiger partial charge < -0.3 is 5.32 Å². The zero-order valence-electron chi connectivity index (χ0n) is 8.96. The van der Waals surface area contributed by atoms with Crippen LogP contribution in [-0.4, -0.2) is 16.8 Å². The fourth-order valence-corrected chi connectivity index (χ4v) is 1.11. The number of carbonyl (C=O) groups is 1. The maximum atomic E-state index is 11.7. The largest absolute Gasteiger partial charge is 0.351 e. The summed E-state index contributed by atoms with van der Waals surface area (Å²) in [7, 11) is 0. The van der Waals surface area contributed by atoms with Gasteiger partial charge in [-0.05, 0) is 25.5 Å². The zero-order valence-corrected chi connectivity index (χ0v) is 9.71. The van der Waals surface area contributed by atoms with Gasteiger partial charge in [-0.1, -0.05) is 6.07 Å². The molecule has 0 saturated carbocycles. The van der Waals surface area contributed by atoms with Crippen molar-refractivity contribution in [2.75, 3.05) is 5.88 Å². The normalized spacial score (nSPS) is 11.1. The molecule has 3 nitrogen and oxygen atoms in total. The molecule has 4 heteroatoms. The van der Waals surface area contributed by atoms with Crippen LogP contribution >= 0.6 is 11.6 Å². The van der Waals surface area contributed by atoms with Crippen LogP contribution in [0.15, 0.2) is 24.5 Å². The van der Waals surface area contributed by atoms with Crippen molar-refractivity contribution in [2.45, 2.75) is 20.4 Å². The summed E-state index contributed by atoms with van der Waals surface area (Å²) in [5.74, 6) is 0.271. The molecule has 0 saturated heterocycles. The third-order valence-electron chi connectivity index (χ3n) is 2.12. The lowest BCUT2D eigenvalue weighted by molar-refractivity contribution is -0.128. The molecule has 0 radical (unpaired) electrons. The fourth-order valence-electron chi connectivity index (χ4n) is 0.985. The molecule has 1 amide bonds. The maximum absolute atomic E-state index is 11.7. The number of aromatic nitrogens is 1. The number of pyridine rings is 1. The van der Waals surface area contributed by atoms with Crippen LogP contribution in [0.25, 0.3) is 0 Å². The topological polar surface area (TPSA) is 42.0 Å². The molecule has 0 bridgehead atoms. The van der Waals surface area contributed by atoms with Gasteiger partial charge in [-0.2, -0.15) is 0 Å². The summed E-state index contributed by atoms with van der Waals surface area (Å²) in [6, 6.07) is 3.76. The second-order valence-corrected chi connectivity index (χ2v) is 4.33. The van der Waals surface area contributed by atoms with E-state index in [1.165, 1.54) is 0 Å². The molecule has 0 aliphatic rings. The second kappa shape index (κ2) is 5.12. The Kier molecular flexibility index (Phi) is 4.09. The van der Waals surface area contributed by atoms with Crippen molar-refractivity contribution in [3.8, 4) is 0 Å². The molecule has 0 spiro atoms. The van der Waals surface area contributed by atoms with E-state index < -0.39 is 5.41 Å². The lowest BCUT2D eigenvalue weighted by Crippen LogP contribution is -2.37. The Morgan fingerprint density at radius 2 is 2.33 bits per heavy atom. The van der Waals surface area contributed by atoms with Gasteiger partial charge in [0.2, 0.25) is 5.91 Å². The molecule has 0 fully saturated rings. The standard InChI is InChI=1S/C11H15ClN2O/c1-11(2,8-12)10(15)14-7-9-4-3-5-13-6-9/h3-6H,7-8H2,1-2H3,(H,14,15). The van der Waals surface area contributed by atoms with E-state index in [-0.39, 0.29) is 5.91 Å². The first-order valence-electron chi connectivity index (χ1n) is 4.79. The molecule has 1 heterocycles. The molecule has 0 aromatic carbocycles. The van der Waals surface area contributed by atoms with E-state index in [4.69, 9.17) is 11.6 Å². The van der Waals surface area contributed by atoms with Crippen molar-refractivity contribution >= 4 is 17.5 Å². The third kappa shape index (κ3) is 3.51. The molecule has 0 atom stereocenters. The highest BCUT2D eigenvalue weighted by molar-refractivity contribution is 6.19. The number of alkyl halides is 1. The zero-order chi connectivity index (χ0) is 11.3. The van der Waals surface area contributed by atoms with Crippen LogP contribution < -0.4 is 5.32 Å². The van der Waals surface area contributed by atoms with Crippen molar-refractivity contribution in [3.05, 3.63) is 30.1 Å². The molecule has 0 aliphatic carbocycles. The summed E-state index contributed by atoms with van der Waals surface area (Å²) >= 11 is 5.70. The Hall–Kier alpha value is -1.09. The van der Waals surface area contributed by atoms with E-state index in [0.29, 0.717) is 12.4 Å². The molecule has 1 aromatic heterocycles. The van der Waals surface area contributed by atoms with Crippen LogP contribution in [-0.2, 0) is 11.3 Å². The number of halogens is 1. The van der Waals surface area contributed by atoms with Crippen LogP contribution in [0, 0.1) is 5.41 Å². The van der Waals surface area contributed by atoms with Crippen molar-refractivity contribution in [2.24, 2.45) is 5.41 Å². The number of hydrogen-bond acceptors (Lipinski definition) is 2. The van der Waals surface area contributed by atoms with Crippen LogP contribution in [0.2, 0.25) is 0 Å². The minimum atomic E-state index is -0.524. The van der Waals surface area contributed by atoms with Gasteiger partial charge in [-0.15, -0.1) is 11.6 Å². The summed E-state index contributed by atoms with van der Waals surface area (Å²) in [5.41, 5.74) is 0.459. The predicted molar refractivity (Wildman–Crippen MR) is 60.6 cm³/mol. The van der Waals surface area contributed by atoms with E-state index in [2.05, 4.69) is 10.3 Å². The Labute approximate surface area is 94.9 Å². The minimum absolute atomic E-state index is 0.0404. The van der Waals surface area contributed by atoms with Crippen molar-refractivity contribution in [1.82, 2.24) is 10.3 Å². The smallest absolute Gasteiger partial charge is 0.227 e. The Morgan fingerprint density at radius 1 is 1.60 bits per heavy atom. The van der Waals surface area contributed by atoms with Gasteiger partial charge in [0.05, 0.1) is 5.41 Å². The number of hydrogen-bond donors (Lipinski definition) is 1. The molecule has 1 aromatic rings. The Balaban J connectivity index is 2.48. The van der Waals surface area contributed by atoms with Crippen LogP contribution in [0.4, 0.5) is 0 Å². The summed E-state index contributed by atoms with van der Waals surface area (Å²) in [6.07, 6.45) is 3.43. The average Bonchev–Trinajstić information content (AvgIpc) is 2.27. The van der Waals surface area contributed by atoms with Crippen LogP contribution in [0.1, 0.15) is 19.4 Å². The van der Waals surface area contributed by atoms with Crippen molar-refractivity contribution in [1.29, 1.82) is 0 Å². The predicted octanol–water partition coefficient (Wildman–Crippen LogP) is 1.96. The van der Waals surface area contributed by atoms with E-state index in [1.807, 2.05) is 26.0 Å². The molecule has 15 heavy (non-hydrogen) atoms. The van der Waals surface area contributed by atoms with Gasteiger partial charge in [0.1, 0.15) is 0 Å². The lowest BCUT2D eigenvalue weighted by atomic mass is 9.95. The van der Waals surface area contributed by atoms with E-state index in [1.54, 1.807) is 12.4 Å². The Bertz CT molecular complexity index is 325. The highest BCUT2D eigenvalue weighted by atomic mass is 35.5. The maximum Gasteiger partial charge on any atom is 0.227 e. The molecule has 1 N–H and O–H groups in total. The first-order valence-corrected chi connectivity index (χ1v) is 5.33. The molecule has 82 valence electrons. The summed E-state index contributed by atoms with van der Waals surface area (Å²) in [6.45, 7) is 4.13. The quantitative estimate of drug-likeness (QED) is 0.798. The van der Waals surface area contributed by atoms with Crippen molar-refractivity contribution < 1.29 is 4.79 Å². The SMILES string of the molecule is CC(C)(CCl)C(=O)NCc1cccnc1. The highest BCUT2D eigenvalue weighted by Crippen LogP contribution is 2.16. The van der Waals surface area contributed by atoms with E-state index >= 15 is 0 Å². The third-order valence-corrected chi connectivity index (χ3v) is 2.79. The van der Waals surface area contributed by atoms with E-state index in [9.17, 15) is 4.79 Å². The summed E-state index contributed by atoms with van der Waals surface area (Å²) in [4.78, 5) is 15.6. The first kappa shape index (κ1) is 12.0. The molecular weight excluding hydrogens is 212 g/mol. The van der Waals surface area contributed by atoms with Crippen molar-refractivity contribution in [3.63, 3.8) is 0 Å². The monoisotopic (exact) mass is 226 g/mol. The minimum Gasteiger partial charge on any atom is -0.351 e. The number of nitrogens with zero attached hydrogens (tertiary/aromatic N) is 1. The molecular formula is C11H15ClN2O. The van der Waals surface area contributed by atoms with Gasteiger partial charge in [0, 0.05) is 24.8 Å². The van der Waals surface area contributed by atoms with Gasteiger partial charge >= 0.3 is 0 Å². The van der Waals surface area contributed by atoms with Crippen LogP contribution in [0.5, 0.6) is 0 Å². The van der Waals surface area contributed by atoms with Gasteiger partial charge in [0.25, 0.3) is 0 Å². The molecule has 1 rings (SSSR count). The fraction of sp³-hybridized carbons (Fsp3) is 0.455. The van der Waals surface area contributed by atoms with E-state index in [0.717, 1.165) is 5.56 Å². The number of rotatable bonds is 4. The number of amides is 1.